The number of fused-ring (bicyclic) bond motifs is 1. The Bertz CT molecular complexity index is 1450. The first kappa shape index (κ1) is 25.5. The second-order valence-corrected chi connectivity index (χ2v) is 8.44. The number of benzene rings is 1. The van der Waals surface area contributed by atoms with Crippen LogP contribution in [0.15, 0.2) is 49.2 Å². The Morgan fingerprint density at radius 2 is 1.92 bits per heavy atom. The summed E-state index contributed by atoms with van der Waals surface area (Å²) < 4.78 is 37.7. The Hall–Kier alpha value is -5.15. The van der Waals surface area contributed by atoms with Crippen LogP contribution in [0.3, 0.4) is 0 Å². The van der Waals surface area contributed by atoms with Crippen LogP contribution in [0.5, 0.6) is 0 Å². The van der Waals surface area contributed by atoms with E-state index in [2.05, 4.69) is 36.2 Å². The first-order chi connectivity index (χ1) is 18.9. The molecule has 16 heteroatoms. The molecule has 1 atom stereocenters. The summed E-state index contributed by atoms with van der Waals surface area (Å²) in [4.78, 5) is 45.7. The topological polar surface area (TPSA) is 161 Å². The van der Waals surface area contributed by atoms with E-state index in [4.69, 9.17) is 4.74 Å². The standard InChI is InChI=1S/C23H22F2N10O4/c24-16-8-14(35-12-15(39-23(35)38)11-34-7-5-30-32-34)9-17(25)20(16)27-4-3-26-19(36)10-29-21(37)18-13-33-6-1-2-28-22(33)31-18/h1-2,5-9,13,15,27H,3-4,10-12H2,(H,26,36)(H,29,37)/t15-/m0/s1. The molecule has 0 bridgehead atoms. The number of imidazole rings is 1. The molecule has 0 unspecified atom stereocenters. The molecule has 0 aliphatic carbocycles. The Morgan fingerprint density at radius 3 is 2.67 bits per heavy atom. The van der Waals surface area contributed by atoms with Crippen molar-refractivity contribution in [1.29, 1.82) is 0 Å². The van der Waals surface area contributed by atoms with Gasteiger partial charge in [-0.05, 0) is 6.07 Å². The third-order valence-corrected chi connectivity index (χ3v) is 5.70. The van der Waals surface area contributed by atoms with E-state index in [1.165, 1.54) is 17.1 Å². The highest BCUT2D eigenvalue weighted by Crippen LogP contribution is 2.29. The monoisotopic (exact) mass is 540 g/mol. The molecule has 1 aliphatic heterocycles. The van der Waals surface area contributed by atoms with Crippen LogP contribution in [-0.2, 0) is 16.1 Å². The molecule has 0 radical (unpaired) electrons. The number of amides is 3. The minimum atomic E-state index is -0.918. The summed E-state index contributed by atoms with van der Waals surface area (Å²) in [6.45, 7) is 0.0371. The molecule has 202 valence electrons. The highest BCUT2D eigenvalue weighted by atomic mass is 19.1. The van der Waals surface area contributed by atoms with Gasteiger partial charge in [0.05, 0.1) is 31.5 Å². The average molecular weight is 540 g/mol. The fraction of sp³-hybridized carbons (Fsp3) is 0.261. The van der Waals surface area contributed by atoms with Gasteiger partial charge < -0.3 is 20.7 Å². The van der Waals surface area contributed by atoms with E-state index in [0.29, 0.717) is 5.78 Å². The molecule has 4 heterocycles. The lowest BCUT2D eigenvalue weighted by Crippen LogP contribution is -2.38. The molecule has 3 aromatic heterocycles. The zero-order valence-corrected chi connectivity index (χ0v) is 20.3. The van der Waals surface area contributed by atoms with Gasteiger partial charge in [0.2, 0.25) is 11.7 Å². The van der Waals surface area contributed by atoms with Gasteiger partial charge >= 0.3 is 6.09 Å². The smallest absolute Gasteiger partial charge is 0.414 e. The summed E-state index contributed by atoms with van der Waals surface area (Å²) in [5.41, 5.74) is -0.300. The highest BCUT2D eigenvalue weighted by Gasteiger charge is 2.33. The third kappa shape index (κ3) is 5.89. The van der Waals surface area contributed by atoms with E-state index in [9.17, 15) is 23.2 Å². The van der Waals surface area contributed by atoms with Gasteiger partial charge in [-0.15, -0.1) is 5.10 Å². The molecule has 1 aliphatic rings. The number of hydrogen-bond donors (Lipinski definition) is 3. The number of nitrogens with one attached hydrogen (secondary N) is 3. The second-order valence-electron chi connectivity index (χ2n) is 8.44. The van der Waals surface area contributed by atoms with Crippen molar-refractivity contribution in [2.45, 2.75) is 12.6 Å². The summed E-state index contributed by atoms with van der Waals surface area (Å²) in [5.74, 6) is -2.55. The lowest BCUT2D eigenvalue weighted by molar-refractivity contribution is -0.120. The molecular formula is C23H22F2N10O4. The maximum absolute atomic E-state index is 14.7. The van der Waals surface area contributed by atoms with E-state index in [-0.39, 0.29) is 44.1 Å². The number of rotatable bonds is 10. The molecule has 5 rings (SSSR count). The van der Waals surface area contributed by atoms with Crippen molar-refractivity contribution in [1.82, 2.24) is 40.0 Å². The first-order valence-electron chi connectivity index (χ1n) is 11.8. The summed E-state index contributed by atoms with van der Waals surface area (Å²) in [6, 6.07) is 3.73. The zero-order valence-electron chi connectivity index (χ0n) is 20.3. The molecule has 3 N–H and O–H groups in total. The fourth-order valence-corrected chi connectivity index (χ4v) is 3.89. The number of carbonyl (C=O) groups is 3. The lowest BCUT2D eigenvalue weighted by atomic mass is 10.2. The molecule has 39 heavy (non-hydrogen) atoms. The van der Waals surface area contributed by atoms with Crippen molar-refractivity contribution in [2.75, 3.05) is 36.4 Å². The van der Waals surface area contributed by atoms with Crippen LogP contribution >= 0.6 is 0 Å². The zero-order chi connectivity index (χ0) is 27.4. The molecule has 1 fully saturated rings. The van der Waals surface area contributed by atoms with Crippen LogP contribution in [0, 0.1) is 11.6 Å². The van der Waals surface area contributed by atoms with Gasteiger partial charge in [-0.25, -0.2) is 28.2 Å². The van der Waals surface area contributed by atoms with Gasteiger partial charge in [0.1, 0.15) is 17.5 Å². The largest absolute Gasteiger partial charge is 0.442 e. The summed E-state index contributed by atoms with van der Waals surface area (Å²) in [6.07, 6.45) is 6.51. The van der Waals surface area contributed by atoms with Crippen LogP contribution < -0.4 is 20.9 Å². The number of anilines is 2. The highest BCUT2D eigenvalue weighted by molar-refractivity contribution is 5.95. The van der Waals surface area contributed by atoms with Crippen LogP contribution in [0.1, 0.15) is 10.5 Å². The van der Waals surface area contributed by atoms with E-state index >= 15 is 0 Å². The minimum Gasteiger partial charge on any atom is -0.442 e. The van der Waals surface area contributed by atoms with Crippen molar-refractivity contribution < 1.29 is 27.9 Å². The van der Waals surface area contributed by atoms with E-state index in [1.807, 2.05) is 0 Å². The minimum absolute atomic E-state index is 0.00326. The number of ether oxygens (including phenoxy) is 1. The molecule has 14 nitrogen and oxygen atoms in total. The van der Waals surface area contributed by atoms with E-state index in [1.54, 1.807) is 29.1 Å². The number of hydrogen-bond acceptors (Lipinski definition) is 9. The van der Waals surface area contributed by atoms with Crippen LogP contribution in [0.2, 0.25) is 0 Å². The summed E-state index contributed by atoms with van der Waals surface area (Å²) in [5, 5.41) is 15.0. The fourth-order valence-electron chi connectivity index (χ4n) is 3.89. The van der Waals surface area contributed by atoms with E-state index < -0.39 is 41.3 Å². The molecule has 3 amide bonds. The Balaban J connectivity index is 1.07. The number of nitrogens with zero attached hydrogens (tertiary/aromatic N) is 7. The van der Waals surface area contributed by atoms with Crippen molar-refractivity contribution in [3.05, 3.63) is 66.5 Å². The van der Waals surface area contributed by atoms with Crippen molar-refractivity contribution in [3.8, 4) is 0 Å². The Morgan fingerprint density at radius 1 is 1.10 bits per heavy atom. The second kappa shape index (κ2) is 11.1. The lowest BCUT2D eigenvalue weighted by Gasteiger charge is -2.16. The van der Waals surface area contributed by atoms with Crippen molar-refractivity contribution in [2.24, 2.45) is 0 Å². The number of halogens is 2. The maximum Gasteiger partial charge on any atom is 0.414 e. The van der Waals surface area contributed by atoms with Gasteiger partial charge in [-0.1, -0.05) is 5.21 Å². The molecule has 4 aromatic rings. The summed E-state index contributed by atoms with van der Waals surface area (Å²) in [7, 11) is 0. The van der Waals surface area contributed by atoms with E-state index in [0.717, 1.165) is 17.0 Å². The average Bonchev–Trinajstić information content (AvgIpc) is 3.66. The molecule has 1 aromatic carbocycles. The predicted octanol–water partition coefficient (Wildman–Crippen LogP) is 0.582. The number of aromatic nitrogens is 6. The van der Waals surface area contributed by atoms with Gasteiger partial charge in [-0.3, -0.25) is 18.9 Å². The maximum atomic E-state index is 14.7. The van der Waals surface area contributed by atoms with Crippen LogP contribution in [-0.4, -0.2) is 79.6 Å². The normalized spacial score (nSPS) is 14.9. The Labute approximate surface area is 219 Å². The molecular weight excluding hydrogens is 518 g/mol. The Kier molecular flexibility index (Phi) is 7.24. The van der Waals surface area contributed by atoms with Crippen LogP contribution in [0.25, 0.3) is 5.78 Å². The van der Waals surface area contributed by atoms with Gasteiger partial charge in [0.25, 0.3) is 5.91 Å². The molecule has 0 saturated carbocycles. The predicted molar refractivity (Wildman–Crippen MR) is 131 cm³/mol. The number of carbonyl (C=O) groups excluding carboxylic acids is 3. The molecule has 0 spiro atoms. The first-order valence-corrected chi connectivity index (χ1v) is 11.8. The third-order valence-electron chi connectivity index (χ3n) is 5.70. The summed E-state index contributed by atoms with van der Waals surface area (Å²) >= 11 is 0. The van der Waals surface area contributed by atoms with Crippen molar-refractivity contribution in [3.63, 3.8) is 0 Å². The van der Waals surface area contributed by atoms with Gasteiger partial charge in [-0.2, -0.15) is 0 Å². The SMILES string of the molecule is O=C(CNC(=O)c1cn2cccnc2n1)NCCNc1c(F)cc(N2C[C@H](Cn3ccnn3)OC2=O)cc1F. The molecule has 1 saturated heterocycles. The van der Waals surface area contributed by atoms with Gasteiger partial charge in [0.15, 0.2) is 11.6 Å². The quantitative estimate of drug-likeness (QED) is 0.245. The number of cyclic esters (lactones) is 1. The van der Waals surface area contributed by atoms with Gasteiger partial charge in [0, 0.05) is 50.0 Å². The van der Waals surface area contributed by atoms with Crippen LogP contribution in [0.4, 0.5) is 25.0 Å². The van der Waals surface area contributed by atoms with Crippen molar-refractivity contribution >= 4 is 35.1 Å².